The summed E-state index contributed by atoms with van der Waals surface area (Å²) in [6, 6.07) is 19.3. The molecular weight excluding hydrogens is 366 g/mol. The molecule has 0 radical (unpaired) electrons. The zero-order valence-corrected chi connectivity index (χ0v) is 17.4. The Labute approximate surface area is 174 Å². The number of nitrogen functional groups attached to an aromatic ring is 1. The third-order valence-electron chi connectivity index (χ3n) is 6.10. The fourth-order valence-corrected chi connectivity index (χ4v) is 4.23. The van der Waals surface area contributed by atoms with Gasteiger partial charge in [-0.3, -0.25) is 5.41 Å². The van der Waals surface area contributed by atoms with Gasteiger partial charge in [0.1, 0.15) is 5.84 Å². The van der Waals surface area contributed by atoms with E-state index >= 15 is 0 Å². The van der Waals surface area contributed by atoms with Crippen LogP contribution in [-0.4, -0.2) is 5.84 Å². The average Bonchev–Trinajstić information content (AvgIpc) is 2.73. The number of benzene rings is 2. The SMILES string of the molecule is CCCCC1(C#N)CCC(c2ccc(-c3ccc(C(=N)N)cc3)cc2)CC1.Cl. The van der Waals surface area contributed by atoms with E-state index in [1.165, 1.54) is 17.5 Å². The van der Waals surface area contributed by atoms with E-state index in [0.29, 0.717) is 5.92 Å². The number of halogens is 1. The highest BCUT2D eigenvalue weighted by Crippen LogP contribution is 2.45. The lowest BCUT2D eigenvalue weighted by atomic mass is 9.67. The second kappa shape index (κ2) is 9.75. The maximum Gasteiger partial charge on any atom is 0.122 e. The number of rotatable bonds is 6. The molecule has 4 heteroatoms. The predicted molar refractivity (Wildman–Crippen MR) is 119 cm³/mol. The zero-order valence-electron chi connectivity index (χ0n) is 16.6. The van der Waals surface area contributed by atoms with Crippen LogP contribution in [0.15, 0.2) is 48.5 Å². The van der Waals surface area contributed by atoms with Gasteiger partial charge < -0.3 is 5.73 Å². The molecule has 148 valence electrons. The maximum absolute atomic E-state index is 9.67. The van der Waals surface area contributed by atoms with Crippen molar-refractivity contribution < 1.29 is 0 Å². The summed E-state index contributed by atoms with van der Waals surface area (Å²) in [7, 11) is 0. The Morgan fingerprint density at radius 3 is 2.07 bits per heavy atom. The van der Waals surface area contributed by atoms with Gasteiger partial charge in [0.2, 0.25) is 0 Å². The van der Waals surface area contributed by atoms with Crippen molar-refractivity contribution in [2.24, 2.45) is 11.1 Å². The van der Waals surface area contributed by atoms with Crippen LogP contribution in [0.2, 0.25) is 0 Å². The van der Waals surface area contributed by atoms with Crippen molar-refractivity contribution >= 4 is 18.2 Å². The van der Waals surface area contributed by atoms with Crippen LogP contribution in [0.1, 0.15) is 68.9 Å². The summed E-state index contributed by atoms with van der Waals surface area (Å²) in [5.74, 6) is 0.670. The van der Waals surface area contributed by atoms with Gasteiger partial charge in [0.05, 0.1) is 11.5 Å². The molecule has 0 bridgehead atoms. The Hall–Kier alpha value is -2.31. The number of nitrogens with two attached hydrogens (primary N) is 1. The van der Waals surface area contributed by atoms with Gasteiger partial charge in [-0.05, 0) is 54.7 Å². The van der Waals surface area contributed by atoms with Crippen LogP contribution in [0.4, 0.5) is 0 Å². The number of nitriles is 1. The first-order valence-corrected chi connectivity index (χ1v) is 10.0. The van der Waals surface area contributed by atoms with Crippen molar-refractivity contribution in [2.75, 3.05) is 0 Å². The molecule has 1 saturated carbocycles. The lowest BCUT2D eigenvalue weighted by Crippen LogP contribution is -2.25. The fraction of sp³-hybridized carbons (Fsp3) is 0.417. The van der Waals surface area contributed by atoms with Gasteiger partial charge in [0.15, 0.2) is 0 Å². The molecular formula is C24H30ClN3. The molecule has 1 fully saturated rings. The molecule has 2 aromatic rings. The summed E-state index contributed by atoms with van der Waals surface area (Å²) >= 11 is 0. The second-order valence-electron chi connectivity index (χ2n) is 7.88. The minimum Gasteiger partial charge on any atom is -0.384 e. The van der Waals surface area contributed by atoms with Crippen molar-refractivity contribution in [3.63, 3.8) is 0 Å². The summed E-state index contributed by atoms with van der Waals surface area (Å²) < 4.78 is 0. The summed E-state index contributed by atoms with van der Waals surface area (Å²) in [6.07, 6.45) is 7.68. The molecule has 0 heterocycles. The standard InChI is InChI=1S/C24H29N3.ClH/c1-2-3-14-24(17-25)15-12-21(13-16-24)20-6-4-18(5-7-20)19-8-10-22(11-9-19)23(26)27;/h4-11,21H,2-3,12-16H2,1H3,(H3,26,27);1H. The van der Waals surface area contributed by atoms with Crippen molar-refractivity contribution in [3.05, 3.63) is 59.7 Å². The fourth-order valence-electron chi connectivity index (χ4n) is 4.23. The van der Waals surface area contributed by atoms with Crippen LogP contribution >= 0.6 is 12.4 Å². The van der Waals surface area contributed by atoms with Gasteiger partial charge in [0.25, 0.3) is 0 Å². The largest absolute Gasteiger partial charge is 0.384 e. The molecule has 1 aliphatic rings. The highest BCUT2D eigenvalue weighted by atomic mass is 35.5. The topological polar surface area (TPSA) is 73.7 Å². The molecule has 3 rings (SSSR count). The molecule has 1 aliphatic carbocycles. The van der Waals surface area contributed by atoms with E-state index in [2.05, 4.69) is 37.3 Å². The Morgan fingerprint density at radius 2 is 1.61 bits per heavy atom. The molecule has 0 amide bonds. The molecule has 0 aliphatic heterocycles. The van der Waals surface area contributed by atoms with E-state index in [1.807, 2.05) is 24.3 Å². The molecule has 3 N–H and O–H groups in total. The van der Waals surface area contributed by atoms with Crippen molar-refractivity contribution in [3.8, 4) is 17.2 Å². The number of unbranched alkanes of at least 4 members (excludes halogenated alkanes) is 1. The normalized spacial score (nSPS) is 21.4. The van der Waals surface area contributed by atoms with Gasteiger partial charge in [-0.15, -0.1) is 12.4 Å². The van der Waals surface area contributed by atoms with Crippen LogP contribution in [0.25, 0.3) is 11.1 Å². The molecule has 0 atom stereocenters. The summed E-state index contributed by atoms with van der Waals surface area (Å²) in [5.41, 5.74) is 9.90. The van der Waals surface area contributed by atoms with Gasteiger partial charge in [-0.1, -0.05) is 68.3 Å². The van der Waals surface area contributed by atoms with Crippen molar-refractivity contribution in [2.45, 2.75) is 57.8 Å². The minimum absolute atomic E-state index is 0. The summed E-state index contributed by atoms with van der Waals surface area (Å²) in [4.78, 5) is 0. The van der Waals surface area contributed by atoms with E-state index in [-0.39, 0.29) is 23.7 Å². The van der Waals surface area contributed by atoms with E-state index in [4.69, 9.17) is 11.1 Å². The average molecular weight is 396 g/mol. The Kier molecular flexibility index (Phi) is 7.66. The highest BCUT2D eigenvalue weighted by Gasteiger charge is 2.35. The molecule has 0 saturated heterocycles. The first kappa shape index (κ1) is 22.0. The predicted octanol–water partition coefficient (Wildman–Crippen LogP) is 6.42. The molecule has 2 aromatic carbocycles. The zero-order chi connectivity index (χ0) is 19.3. The number of amidine groups is 1. The van der Waals surface area contributed by atoms with E-state index < -0.39 is 0 Å². The molecule has 0 aromatic heterocycles. The first-order valence-electron chi connectivity index (χ1n) is 10.0. The van der Waals surface area contributed by atoms with E-state index in [1.54, 1.807) is 0 Å². The third-order valence-corrected chi connectivity index (χ3v) is 6.10. The first-order chi connectivity index (χ1) is 13.1. The second-order valence-corrected chi connectivity index (χ2v) is 7.88. The van der Waals surface area contributed by atoms with Crippen LogP contribution < -0.4 is 5.73 Å². The van der Waals surface area contributed by atoms with Crippen LogP contribution in [0.3, 0.4) is 0 Å². The third kappa shape index (κ3) is 4.94. The van der Waals surface area contributed by atoms with Gasteiger partial charge in [-0.25, -0.2) is 0 Å². The van der Waals surface area contributed by atoms with Gasteiger partial charge >= 0.3 is 0 Å². The highest BCUT2D eigenvalue weighted by molar-refractivity contribution is 5.95. The number of hydrogen-bond donors (Lipinski definition) is 2. The van der Waals surface area contributed by atoms with Crippen LogP contribution in [0.5, 0.6) is 0 Å². The smallest absolute Gasteiger partial charge is 0.122 e. The summed E-state index contributed by atoms with van der Waals surface area (Å²) in [6.45, 7) is 2.20. The number of nitrogens with one attached hydrogen (secondary N) is 1. The van der Waals surface area contributed by atoms with Gasteiger partial charge in [-0.2, -0.15) is 5.26 Å². The lowest BCUT2D eigenvalue weighted by molar-refractivity contribution is 0.224. The molecule has 3 nitrogen and oxygen atoms in total. The number of hydrogen-bond acceptors (Lipinski definition) is 2. The van der Waals surface area contributed by atoms with Crippen molar-refractivity contribution in [1.82, 2.24) is 0 Å². The maximum atomic E-state index is 9.67. The minimum atomic E-state index is -0.0785. The molecule has 0 unspecified atom stereocenters. The van der Waals surface area contributed by atoms with Crippen LogP contribution in [-0.2, 0) is 0 Å². The van der Waals surface area contributed by atoms with E-state index in [0.717, 1.165) is 49.7 Å². The number of nitrogens with zero attached hydrogens (tertiary/aromatic N) is 1. The Bertz CT molecular complexity index is 810. The van der Waals surface area contributed by atoms with Crippen molar-refractivity contribution in [1.29, 1.82) is 10.7 Å². The molecule has 28 heavy (non-hydrogen) atoms. The monoisotopic (exact) mass is 395 g/mol. The van der Waals surface area contributed by atoms with E-state index in [9.17, 15) is 5.26 Å². The molecule has 0 spiro atoms. The lowest BCUT2D eigenvalue weighted by Gasteiger charge is -2.35. The Balaban J connectivity index is 0.00000280. The quantitative estimate of drug-likeness (QED) is 0.437. The summed E-state index contributed by atoms with van der Waals surface area (Å²) in [5, 5.41) is 17.2. The Morgan fingerprint density at radius 1 is 1.07 bits per heavy atom. The van der Waals surface area contributed by atoms with Gasteiger partial charge in [0, 0.05) is 5.56 Å². The van der Waals surface area contributed by atoms with Crippen LogP contribution in [0, 0.1) is 22.2 Å².